The molecule has 0 aliphatic rings. The lowest BCUT2D eigenvalue weighted by Crippen LogP contribution is -2.06. The molecule has 90 valence electrons. The van der Waals surface area contributed by atoms with Crippen molar-refractivity contribution in [3.05, 3.63) is 40.3 Å². The van der Waals surface area contributed by atoms with E-state index in [1.807, 2.05) is 17.5 Å². The number of thioether (sulfide) groups is 1. The second kappa shape index (κ2) is 5.05. The summed E-state index contributed by atoms with van der Waals surface area (Å²) in [5, 5.41) is 2.30. The van der Waals surface area contributed by atoms with Crippen molar-refractivity contribution in [2.75, 3.05) is 0 Å². The van der Waals surface area contributed by atoms with Crippen LogP contribution in [0.4, 0.5) is 13.2 Å². The molecule has 0 aliphatic carbocycles. The van der Waals surface area contributed by atoms with Crippen LogP contribution in [0.3, 0.4) is 0 Å². The third-order valence-electron chi connectivity index (χ3n) is 1.88. The highest BCUT2D eigenvalue weighted by molar-refractivity contribution is 7.98. The van der Waals surface area contributed by atoms with Crippen LogP contribution in [0.2, 0.25) is 0 Å². The number of aromatic nitrogens is 2. The molecule has 2 rings (SSSR count). The SMILES string of the molecule is FC(F)(F)c1cnc(SCc2cccs2)nc1. The third kappa shape index (κ3) is 3.44. The zero-order valence-electron chi connectivity index (χ0n) is 8.44. The van der Waals surface area contributed by atoms with E-state index in [1.54, 1.807) is 11.3 Å². The molecule has 0 atom stereocenters. The van der Waals surface area contributed by atoms with Gasteiger partial charge in [0.2, 0.25) is 0 Å². The molecule has 0 aliphatic heterocycles. The van der Waals surface area contributed by atoms with Crippen molar-refractivity contribution in [3.8, 4) is 0 Å². The van der Waals surface area contributed by atoms with E-state index in [4.69, 9.17) is 0 Å². The molecule has 0 saturated carbocycles. The second-order valence-corrected chi connectivity index (χ2v) is 5.09. The molecular weight excluding hydrogens is 269 g/mol. The minimum Gasteiger partial charge on any atom is -0.230 e. The highest BCUT2D eigenvalue weighted by atomic mass is 32.2. The molecule has 0 spiro atoms. The summed E-state index contributed by atoms with van der Waals surface area (Å²) in [4.78, 5) is 8.50. The summed E-state index contributed by atoms with van der Waals surface area (Å²) in [7, 11) is 0. The van der Waals surface area contributed by atoms with E-state index in [1.165, 1.54) is 11.8 Å². The fraction of sp³-hybridized carbons (Fsp3) is 0.200. The van der Waals surface area contributed by atoms with Gasteiger partial charge in [-0.25, -0.2) is 9.97 Å². The van der Waals surface area contributed by atoms with Crippen molar-refractivity contribution < 1.29 is 13.2 Å². The minimum atomic E-state index is -4.38. The second-order valence-electron chi connectivity index (χ2n) is 3.12. The topological polar surface area (TPSA) is 25.8 Å². The molecule has 0 aromatic carbocycles. The molecule has 0 amide bonds. The van der Waals surface area contributed by atoms with Crippen LogP contribution in [0.25, 0.3) is 0 Å². The average molecular weight is 276 g/mol. The molecule has 17 heavy (non-hydrogen) atoms. The summed E-state index contributed by atoms with van der Waals surface area (Å²) in [5.41, 5.74) is -0.821. The van der Waals surface area contributed by atoms with Gasteiger partial charge in [0.1, 0.15) is 0 Å². The number of thiophene rings is 1. The van der Waals surface area contributed by atoms with E-state index in [9.17, 15) is 13.2 Å². The van der Waals surface area contributed by atoms with Gasteiger partial charge in [-0.3, -0.25) is 0 Å². The molecule has 2 aromatic rings. The zero-order chi connectivity index (χ0) is 12.3. The van der Waals surface area contributed by atoms with Crippen LogP contribution in [0.5, 0.6) is 0 Å². The van der Waals surface area contributed by atoms with Gasteiger partial charge in [-0.05, 0) is 11.4 Å². The van der Waals surface area contributed by atoms with Crippen LogP contribution in [-0.4, -0.2) is 9.97 Å². The standard InChI is InChI=1S/C10H7F3N2S2/c11-10(12,13)7-4-14-9(15-5-7)17-6-8-2-1-3-16-8/h1-5H,6H2. The minimum absolute atomic E-state index is 0.353. The van der Waals surface area contributed by atoms with Gasteiger partial charge in [0.25, 0.3) is 0 Å². The first-order chi connectivity index (χ1) is 8.05. The van der Waals surface area contributed by atoms with Crippen LogP contribution in [0.15, 0.2) is 35.1 Å². The van der Waals surface area contributed by atoms with Gasteiger partial charge < -0.3 is 0 Å². The monoisotopic (exact) mass is 276 g/mol. The highest BCUT2D eigenvalue weighted by Gasteiger charge is 2.31. The van der Waals surface area contributed by atoms with Crippen molar-refractivity contribution >= 4 is 23.1 Å². The maximum absolute atomic E-state index is 12.2. The van der Waals surface area contributed by atoms with Gasteiger partial charge in [-0.15, -0.1) is 11.3 Å². The van der Waals surface area contributed by atoms with Gasteiger partial charge >= 0.3 is 6.18 Å². The predicted molar refractivity (Wildman–Crippen MR) is 60.9 cm³/mol. The number of halogens is 3. The smallest absolute Gasteiger partial charge is 0.230 e. The van der Waals surface area contributed by atoms with Gasteiger partial charge in [-0.2, -0.15) is 13.2 Å². The van der Waals surface area contributed by atoms with Crippen LogP contribution in [-0.2, 0) is 11.9 Å². The Bertz CT molecular complexity index is 465. The molecule has 7 heteroatoms. The van der Waals surface area contributed by atoms with Gasteiger partial charge in [0.05, 0.1) is 5.56 Å². The first-order valence-corrected chi connectivity index (χ1v) is 6.46. The summed E-state index contributed by atoms with van der Waals surface area (Å²) >= 11 is 2.91. The van der Waals surface area contributed by atoms with Crippen molar-refractivity contribution in [2.45, 2.75) is 17.1 Å². The quantitative estimate of drug-likeness (QED) is 0.629. The maximum atomic E-state index is 12.2. The third-order valence-corrected chi connectivity index (χ3v) is 3.86. The van der Waals surface area contributed by atoms with Crippen molar-refractivity contribution in [1.82, 2.24) is 9.97 Å². The number of nitrogens with zero attached hydrogens (tertiary/aromatic N) is 2. The van der Waals surface area contributed by atoms with Gasteiger partial charge in [0.15, 0.2) is 5.16 Å². The Morgan fingerprint density at radius 3 is 2.47 bits per heavy atom. The van der Waals surface area contributed by atoms with E-state index in [0.717, 1.165) is 17.3 Å². The van der Waals surface area contributed by atoms with Crippen molar-refractivity contribution in [1.29, 1.82) is 0 Å². The summed E-state index contributed by atoms with van der Waals surface area (Å²) in [6.45, 7) is 0. The maximum Gasteiger partial charge on any atom is 0.419 e. The lowest BCUT2D eigenvalue weighted by Gasteiger charge is -2.05. The van der Waals surface area contributed by atoms with Crippen molar-refractivity contribution in [3.63, 3.8) is 0 Å². The number of alkyl halides is 3. The molecule has 0 bridgehead atoms. The molecule has 0 unspecified atom stereocenters. The Hall–Kier alpha value is -1.08. The largest absolute Gasteiger partial charge is 0.419 e. The highest BCUT2D eigenvalue weighted by Crippen LogP contribution is 2.29. The fourth-order valence-electron chi connectivity index (χ4n) is 1.07. The summed E-state index contributed by atoms with van der Waals surface area (Å²) in [6, 6.07) is 3.88. The molecule has 2 aromatic heterocycles. The fourth-order valence-corrected chi connectivity index (χ4v) is 2.63. The lowest BCUT2D eigenvalue weighted by atomic mass is 10.3. The molecule has 0 radical (unpaired) electrons. The van der Waals surface area contributed by atoms with Gasteiger partial charge in [-0.1, -0.05) is 17.8 Å². The van der Waals surface area contributed by atoms with Crippen LogP contribution in [0, 0.1) is 0 Å². The first kappa shape index (κ1) is 12.4. The molecule has 2 heterocycles. The number of hydrogen-bond acceptors (Lipinski definition) is 4. The molecule has 0 fully saturated rings. The van der Waals surface area contributed by atoms with Crippen LogP contribution in [0.1, 0.15) is 10.4 Å². The first-order valence-electron chi connectivity index (χ1n) is 4.60. The van der Waals surface area contributed by atoms with Crippen LogP contribution < -0.4 is 0 Å². The van der Waals surface area contributed by atoms with Gasteiger partial charge in [0, 0.05) is 23.0 Å². The van der Waals surface area contributed by atoms with E-state index >= 15 is 0 Å². The Balaban J connectivity index is 1.99. The Morgan fingerprint density at radius 1 is 1.24 bits per heavy atom. The summed E-state index contributed by atoms with van der Waals surface area (Å²) in [5.74, 6) is 0.670. The molecule has 2 nitrogen and oxygen atoms in total. The summed E-state index contributed by atoms with van der Waals surface area (Å²) < 4.78 is 36.7. The Morgan fingerprint density at radius 2 is 1.94 bits per heavy atom. The lowest BCUT2D eigenvalue weighted by molar-refractivity contribution is -0.138. The van der Waals surface area contributed by atoms with E-state index in [-0.39, 0.29) is 0 Å². The van der Waals surface area contributed by atoms with E-state index in [0.29, 0.717) is 10.9 Å². The average Bonchev–Trinajstić information content (AvgIpc) is 2.78. The Kier molecular flexibility index (Phi) is 3.68. The molecule has 0 saturated heterocycles. The predicted octanol–water partition coefficient (Wildman–Crippen LogP) is 3.85. The van der Waals surface area contributed by atoms with E-state index < -0.39 is 11.7 Å². The Labute approximate surface area is 104 Å². The van der Waals surface area contributed by atoms with E-state index in [2.05, 4.69) is 9.97 Å². The normalized spacial score (nSPS) is 11.7. The van der Waals surface area contributed by atoms with Crippen LogP contribution >= 0.6 is 23.1 Å². The molecular formula is C10H7F3N2S2. The zero-order valence-corrected chi connectivity index (χ0v) is 10.1. The number of hydrogen-bond donors (Lipinski definition) is 0. The number of rotatable bonds is 3. The van der Waals surface area contributed by atoms with Crippen molar-refractivity contribution in [2.24, 2.45) is 0 Å². The summed E-state index contributed by atoms with van der Waals surface area (Å²) in [6.07, 6.45) is -2.76. The molecule has 0 N–H and O–H groups in total.